The maximum atomic E-state index is 6.16. The monoisotopic (exact) mass is 346 g/mol. The Balaban J connectivity index is 1.77. The van der Waals surface area contributed by atoms with E-state index in [-0.39, 0.29) is 0 Å². The van der Waals surface area contributed by atoms with Crippen LogP contribution in [-0.2, 0) is 6.54 Å². The van der Waals surface area contributed by atoms with Crippen molar-refractivity contribution in [2.45, 2.75) is 6.54 Å². The summed E-state index contributed by atoms with van der Waals surface area (Å²) in [5, 5.41) is 4.23. The van der Waals surface area contributed by atoms with Crippen molar-refractivity contribution >= 4 is 36.4 Å². The maximum Gasteiger partial charge on any atom is 0.163 e. The Hall–Kier alpha value is -2.79. The fourth-order valence-electron chi connectivity index (χ4n) is 2.86. The number of halogens is 1. The molecule has 6 heteroatoms. The molecule has 3 heterocycles. The minimum atomic E-state index is 0.711. The predicted molar refractivity (Wildman–Crippen MR) is 105 cm³/mol. The minimum absolute atomic E-state index is 0.711. The molecule has 0 amide bonds. The molecule has 0 aliphatic carbocycles. The lowest BCUT2D eigenvalue weighted by atomic mass is 10.0. The van der Waals surface area contributed by atoms with Crippen LogP contribution in [0, 0.1) is 0 Å². The number of nitrogens with one attached hydrogen (secondary N) is 1. The Morgan fingerprint density at radius 2 is 1.92 bits per heavy atom. The SMILES string of the molecule is Bc1cnc2c(NCc3ccncc3)cc(-c3cccc(Cl)c3)cn12. The zero-order valence-corrected chi connectivity index (χ0v) is 14.5. The van der Waals surface area contributed by atoms with Gasteiger partial charge in [-0.25, -0.2) is 4.98 Å². The summed E-state index contributed by atoms with van der Waals surface area (Å²) in [7, 11) is 2.05. The van der Waals surface area contributed by atoms with Crippen LogP contribution >= 0.6 is 11.6 Å². The number of fused-ring (bicyclic) bond motifs is 1. The zero-order valence-electron chi connectivity index (χ0n) is 13.8. The number of pyridine rings is 2. The van der Waals surface area contributed by atoms with Crippen LogP contribution in [0.5, 0.6) is 0 Å². The van der Waals surface area contributed by atoms with E-state index in [0.717, 1.165) is 33.1 Å². The van der Waals surface area contributed by atoms with Crippen molar-refractivity contribution < 1.29 is 0 Å². The van der Waals surface area contributed by atoms with E-state index in [9.17, 15) is 0 Å². The number of hydrogen-bond donors (Lipinski definition) is 1. The lowest BCUT2D eigenvalue weighted by molar-refractivity contribution is 1.11. The number of hydrogen-bond acceptors (Lipinski definition) is 3. The van der Waals surface area contributed by atoms with Crippen molar-refractivity contribution in [3.05, 3.63) is 77.8 Å². The van der Waals surface area contributed by atoms with Gasteiger partial charge in [0.1, 0.15) is 0 Å². The van der Waals surface area contributed by atoms with Crippen molar-refractivity contribution in [3.63, 3.8) is 0 Å². The van der Waals surface area contributed by atoms with E-state index in [2.05, 4.69) is 38.0 Å². The van der Waals surface area contributed by atoms with Gasteiger partial charge in [0.2, 0.25) is 0 Å². The number of anilines is 1. The molecule has 3 aromatic heterocycles. The smallest absolute Gasteiger partial charge is 0.163 e. The van der Waals surface area contributed by atoms with Crippen molar-refractivity contribution in [2.75, 3.05) is 5.32 Å². The molecular weight excluding hydrogens is 331 g/mol. The molecule has 0 atom stereocenters. The fraction of sp³-hybridized carbons (Fsp3) is 0.0526. The molecule has 0 saturated carbocycles. The van der Waals surface area contributed by atoms with Crippen LogP contribution in [0.1, 0.15) is 5.56 Å². The Kier molecular flexibility index (Phi) is 4.16. The van der Waals surface area contributed by atoms with Crippen LogP contribution in [-0.4, -0.2) is 22.2 Å². The number of nitrogens with zero attached hydrogens (tertiary/aromatic N) is 3. The topological polar surface area (TPSA) is 42.2 Å². The lowest BCUT2D eigenvalue weighted by Crippen LogP contribution is -2.10. The molecule has 1 N–H and O–H groups in total. The highest BCUT2D eigenvalue weighted by molar-refractivity contribution is 6.31. The summed E-state index contributed by atoms with van der Waals surface area (Å²) in [6.45, 7) is 0.711. The first-order chi connectivity index (χ1) is 12.2. The van der Waals surface area contributed by atoms with Gasteiger partial charge in [-0.2, -0.15) is 0 Å². The van der Waals surface area contributed by atoms with Crippen LogP contribution in [0.2, 0.25) is 5.02 Å². The highest BCUT2D eigenvalue weighted by Gasteiger charge is 2.09. The first kappa shape index (κ1) is 15.7. The molecule has 0 radical (unpaired) electrons. The molecule has 0 spiro atoms. The Bertz CT molecular complexity index is 1030. The van der Waals surface area contributed by atoms with Gasteiger partial charge in [0.05, 0.1) is 5.69 Å². The van der Waals surface area contributed by atoms with Crippen LogP contribution in [0.4, 0.5) is 5.69 Å². The van der Waals surface area contributed by atoms with Gasteiger partial charge in [0.15, 0.2) is 13.5 Å². The van der Waals surface area contributed by atoms with Gasteiger partial charge in [-0.3, -0.25) is 4.98 Å². The molecule has 25 heavy (non-hydrogen) atoms. The van der Waals surface area contributed by atoms with E-state index in [1.54, 1.807) is 12.4 Å². The third kappa shape index (κ3) is 3.23. The number of aromatic nitrogens is 3. The van der Waals surface area contributed by atoms with Gasteiger partial charge in [-0.1, -0.05) is 23.7 Å². The molecule has 1 aromatic carbocycles. The normalized spacial score (nSPS) is 10.9. The highest BCUT2D eigenvalue weighted by Crippen LogP contribution is 2.27. The maximum absolute atomic E-state index is 6.16. The summed E-state index contributed by atoms with van der Waals surface area (Å²) >= 11 is 6.16. The second-order valence-corrected chi connectivity index (χ2v) is 6.39. The molecule has 0 unspecified atom stereocenters. The standard InChI is InChI=1S/C19H16BClN4/c20-18-11-24-19-17(23-10-13-4-6-22-7-5-13)9-15(12-25(18)19)14-2-1-3-16(21)8-14/h1-9,11-12,23H,10,20H2. The molecule has 0 bridgehead atoms. The number of benzene rings is 1. The fourth-order valence-corrected chi connectivity index (χ4v) is 3.05. The largest absolute Gasteiger partial charge is 0.378 e. The molecular formula is C19H16BClN4. The van der Waals surface area contributed by atoms with Gasteiger partial charge < -0.3 is 9.72 Å². The van der Waals surface area contributed by atoms with E-state index in [0.29, 0.717) is 6.54 Å². The molecule has 0 aliphatic rings. The van der Waals surface area contributed by atoms with Gasteiger partial charge >= 0.3 is 0 Å². The zero-order chi connectivity index (χ0) is 17.2. The van der Waals surface area contributed by atoms with Gasteiger partial charge in [-0.15, -0.1) is 0 Å². The third-order valence-corrected chi connectivity index (χ3v) is 4.42. The summed E-state index contributed by atoms with van der Waals surface area (Å²) in [4.78, 5) is 8.60. The summed E-state index contributed by atoms with van der Waals surface area (Å²) in [5.41, 5.74) is 6.33. The van der Waals surface area contributed by atoms with Crippen molar-refractivity contribution in [2.24, 2.45) is 0 Å². The molecule has 4 aromatic rings. The van der Waals surface area contributed by atoms with E-state index >= 15 is 0 Å². The van der Waals surface area contributed by atoms with Crippen molar-refractivity contribution in [1.82, 2.24) is 14.4 Å². The van der Waals surface area contributed by atoms with E-state index in [1.165, 1.54) is 5.56 Å². The Morgan fingerprint density at radius 1 is 1.08 bits per heavy atom. The van der Waals surface area contributed by atoms with Crippen LogP contribution in [0.3, 0.4) is 0 Å². The van der Waals surface area contributed by atoms with Crippen molar-refractivity contribution in [1.29, 1.82) is 0 Å². The Labute approximate surface area is 151 Å². The summed E-state index contributed by atoms with van der Waals surface area (Å²) < 4.78 is 2.10. The molecule has 4 nitrogen and oxygen atoms in total. The van der Waals surface area contributed by atoms with Crippen molar-refractivity contribution in [3.8, 4) is 11.1 Å². The summed E-state index contributed by atoms with van der Waals surface area (Å²) in [6.07, 6.45) is 7.58. The average molecular weight is 347 g/mol. The second kappa shape index (κ2) is 6.61. The number of rotatable bonds is 4. The predicted octanol–water partition coefficient (Wildman–Crippen LogP) is 2.92. The van der Waals surface area contributed by atoms with E-state index < -0.39 is 0 Å². The molecule has 4 rings (SSSR count). The summed E-state index contributed by atoms with van der Waals surface area (Å²) in [6, 6.07) is 14.0. The minimum Gasteiger partial charge on any atom is -0.378 e. The lowest BCUT2D eigenvalue weighted by Gasteiger charge is -2.12. The second-order valence-electron chi connectivity index (χ2n) is 5.96. The third-order valence-electron chi connectivity index (χ3n) is 4.18. The number of imidazole rings is 1. The Morgan fingerprint density at radius 3 is 2.72 bits per heavy atom. The molecule has 0 fully saturated rings. The average Bonchev–Trinajstić information content (AvgIpc) is 3.02. The summed E-state index contributed by atoms with van der Waals surface area (Å²) in [5.74, 6) is 0. The first-order valence-electron chi connectivity index (χ1n) is 8.07. The van der Waals surface area contributed by atoms with Gasteiger partial charge in [-0.05, 0) is 47.1 Å². The van der Waals surface area contributed by atoms with Crippen LogP contribution < -0.4 is 10.9 Å². The van der Waals surface area contributed by atoms with E-state index in [1.807, 2.05) is 44.4 Å². The van der Waals surface area contributed by atoms with Gasteiger partial charge in [0, 0.05) is 41.9 Å². The first-order valence-corrected chi connectivity index (χ1v) is 8.45. The highest BCUT2D eigenvalue weighted by atomic mass is 35.5. The quantitative estimate of drug-likeness (QED) is 0.578. The van der Waals surface area contributed by atoms with Crippen LogP contribution in [0.15, 0.2) is 67.3 Å². The molecule has 0 saturated heterocycles. The van der Waals surface area contributed by atoms with Crippen LogP contribution in [0.25, 0.3) is 16.8 Å². The molecule has 122 valence electrons. The molecule has 0 aliphatic heterocycles. The van der Waals surface area contributed by atoms with E-state index in [4.69, 9.17) is 11.6 Å². The van der Waals surface area contributed by atoms with Gasteiger partial charge in [0.25, 0.3) is 0 Å².